The normalized spacial score (nSPS) is 19.7. The van der Waals surface area contributed by atoms with Crippen LogP contribution in [0.4, 0.5) is 21.5 Å². The van der Waals surface area contributed by atoms with E-state index in [4.69, 9.17) is 0 Å². The quantitative estimate of drug-likeness (QED) is 0.863. The molecule has 1 fully saturated rings. The summed E-state index contributed by atoms with van der Waals surface area (Å²) in [6.45, 7) is 4.18. The molecule has 2 aliphatic heterocycles. The third-order valence-electron chi connectivity index (χ3n) is 5.61. The van der Waals surface area contributed by atoms with Gasteiger partial charge in [0.05, 0.1) is 11.4 Å². The second kappa shape index (κ2) is 8.29. The molecule has 0 spiro atoms. The zero-order valence-electron chi connectivity index (χ0n) is 16.3. The number of likely N-dealkylation sites (tertiary alicyclic amines) is 1. The number of amides is 1. The van der Waals surface area contributed by atoms with Gasteiger partial charge < -0.3 is 20.0 Å². The fraction of sp³-hybridized carbons (Fsp3) is 0.409. The zero-order valence-corrected chi connectivity index (χ0v) is 16.3. The topological polar surface area (TPSA) is 38.8 Å². The molecule has 0 aliphatic carbocycles. The molecule has 1 N–H and O–H groups in total. The van der Waals surface area contributed by atoms with E-state index < -0.39 is 0 Å². The Kier molecular flexibility index (Phi) is 5.59. The molecule has 2 aromatic rings. The van der Waals surface area contributed by atoms with Crippen molar-refractivity contribution in [2.45, 2.75) is 18.9 Å². The van der Waals surface area contributed by atoms with Crippen LogP contribution in [0.2, 0.25) is 0 Å². The first kappa shape index (κ1) is 18.9. The molecule has 2 heterocycles. The van der Waals surface area contributed by atoms with Gasteiger partial charge in [0.2, 0.25) is 5.91 Å². The molecule has 0 saturated carbocycles. The lowest BCUT2D eigenvalue weighted by Crippen LogP contribution is -2.43. The molecule has 6 heteroatoms. The van der Waals surface area contributed by atoms with Gasteiger partial charge in [-0.05, 0) is 56.4 Å². The highest BCUT2D eigenvalue weighted by molar-refractivity contribution is 5.98. The summed E-state index contributed by atoms with van der Waals surface area (Å²) in [7, 11) is 2.13. The Hall–Kier alpha value is -2.44. The van der Waals surface area contributed by atoms with Gasteiger partial charge in [-0.2, -0.15) is 0 Å². The van der Waals surface area contributed by atoms with Crippen molar-refractivity contribution in [3.05, 3.63) is 54.3 Å². The number of carbonyl (C=O) groups is 1. The van der Waals surface area contributed by atoms with E-state index in [1.54, 1.807) is 12.1 Å². The highest BCUT2D eigenvalue weighted by atomic mass is 19.1. The van der Waals surface area contributed by atoms with E-state index in [0.717, 1.165) is 36.6 Å². The second-order valence-corrected chi connectivity index (χ2v) is 7.61. The maximum Gasteiger partial charge on any atom is 0.228 e. The number of benzene rings is 2. The first-order valence-corrected chi connectivity index (χ1v) is 9.96. The second-order valence-electron chi connectivity index (χ2n) is 7.61. The van der Waals surface area contributed by atoms with Crippen molar-refractivity contribution in [2.24, 2.45) is 0 Å². The number of carbonyl (C=O) groups excluding carboxylic acids is 1. The first-order valence-electron chi connectivity index (χ1n) is 9.96. The molecular formula is C22H27FN4O. The van der Waals surface area contributed by atoms with Crippen molar-refractivity contribution in [3.8, 4) is 0 Å². The number of nitrogens with zero attached hydrogens (tertiary/aromatic N) is 3. The number of likely N-dealkylation sites (N-methyl/N-ethyl adjacent to an activating group) is 1. The van der Waals surface area contributed by atoms with Crippen molar-refractivity contribution < 1.29 is 9.18 Å². The fourth-order valence-corrected chi connectivity index (χ4v) is 4.13. The predicted octanol–water partition coefficient (Wildman–Crippen LogP) is 2.99. The van der Waals surface area contributed by atoms with Crippen LogP contribution in [0.5, 0.6) is 0 Å². The number of halogens is 1. The summed E-state index contributed by atoms with van der Waals surface area (Å²) >= 11 is 0. The van der Waals surface area contributed by atoms with Gasteiger partial charge in [0.15, 0.2) is 0 Å². The van der Waals surface area contributed by atoms with Crippen LogP contribution in [-0.4, -0.2) is 56.6 Å². The van der Waals surface area contributed by atoms with Crippen molar-refractivity contribution in [1.82, 2.24) is 10.2 Å². The highest BCUT2D eigenvalue weighted by Gasteiger charge is 2.27. The largest absolute Gasteiger partial charge is 0.338 e. The van der Waals surface area contributed by atoms with Gasteiger partial charge >= 0.3 is 0 Å². The predicted molar refractivity (Wildman–Crippen MR) is 111 cm³/mol. The summed E-state index contributed by atoms with van der Waals surface area (Å²) in [5.41, 5.74) is 2.84. The zero-order chi connectivity index (χ0) is 19.5. The molecule has 2 aliphatic rings. The van der Waals surface area contributed by atoms with Crippen LogP contribution < -0.4 is 15.1 Å². The summed E-state index contributed by atoms with van der Waals surface area (Å²) in [5, 5.41) is 3.51. The highest BCUT2D eigenvalue weighted by Crippen LogP contribution is 2.37. The van der Waals surface area contributed by atoms with E-state index >= 15 is 0 Å². The summed E-state index contributed by atoms with van der Waals surface area (Å²) < 4.78 is 13.3. The summed E-state index contributed by atoms with van der Waals surface area (Å²) in [6.07, 6.45) is 1.63. The van der Waals surface area contributed by atoms with Gasteiger partial charge in [0.25, 0.3) is 0 Å². The molecule has 0 bridgehead atoms. The van der Waals surface area contributed by atoms with E-state index in [0.29, 0.717) is 32.1 Å². The smallest absolute Gasteiger partial charge is 0.228 e. The molecule has 5 nitrogen and oxygen atoms in total. The number of nitrogens with one attached hydrogen (secondary N) is 1. The Morgan fingerprint density at radius 1 is 1.07 bits per heavy atom. The van der Waals surface area contributed by atoms with Crippen LogP contribution in [0.15, 0.2) is 48.5 Å². The minimum atomic E-state index is -0.244. The van der Waals surface area contributed by atoms with E-state index in [1.165, 1.54) is 12.1 Å². The molecule has 0 radical (unpaired) electrons. The monoisotopic (exact) mass is 382 g/mol. The van der Waals surface area contributed by atoms with Crippen molar-refractivity contribution >= 4 is 23.0 Å². The van der Waals surface area contributed by atoms with Gasteiger partial charge in [0, 0.05) is 44.3 Å². The molecule has 4 rings (SSSR count). The van der Waals surface area contributed by atoms with Gasteiger partial charge in [-0.15, -0.1) is 0 Å². The van der Waals surface area contributed by atoms with E-state index in [-0.39, 0.29) is 11.7 Å². The lowest BCUT2D eigenvalue weighted by Gasteiger charge is -2.38. The van der Waals surface area contributed by atoms with E-state index in [9.17, 15) is 9.18 Å². The molecule has 28 heavy (non-hydrogen) atoms. The number of para-hydroxylation sites is 2. The van der Waals surface area contributed by atoms with Gasteiger partial charge in [-0.1, -0.05) is 12.1 Å². The minimum absolute atomic E-state index is 0.144. The van der Waals surface area contributed by atoms with Crippen LogP contribution in [0, 0.1) is 5.82 Å². The van der Waals surface area contributed by atoms with Gasteiger partial charge in [-0.3, -0.25) is 4.79 Å². The summed E-state index contributed by atoms with van der Waals surface area (Å²) in [5.74, 6) is -0.100. The number of anilines is 3. The lowest BCUT2D eigenvalue weighted by molar-refractivity contribution is -0.118. The molecule has 148 valence electrons. The van der Waals surface area contributed by atoms with Crippen LogP contribution in [0.1, 0.15) is 12.8 Å². The lowest BCUT2D eigenvalue weighted by atomic mass is 10.1. The molecule has 1 atom stereocenters. The van der Waals surface area contributed by atoms with Crippen LogP contribution in [0.25, 0.3) is 0 Å². The summed E-state index contributed by atoms with van der Waals surface area (Å²) in [4.78, 5) is 19.2. The minimum Gasteiger partial charge on any atom is -0.338 e. The van der Waals surface area contributed by atoms with E-state index in [1.807, 2.05) is 29.2 Å². The Labute approximate surface area is 165 Å². The van der Waals surface area contributed by atoms with E-state index in [2.05, 4.69) is 22.2 Å². The molecule has 1 unspecified atom stereocenters. The molecule has 1 amide bonds. The number of hydrogen-bond acceptors (Lipinski definition) is 4. The molecule has 2 aromatic carbocycles. The first-order chi connectivity index (χ1) is 13.6. The van der Waals surface area contributed by atoms with Crippen molar-refractivity contribution in [2.75, 3.05) is 49.6 Å². The fourth-order valence-electron chi connectivity index (χ4n) is 4.13. The third-order valence-corrected chi connectivity index (χ3v) is 5.61. The third kappa shape index (κ3) is 4.03. The van der Waals surface area contributed by atoms with Gasteiger partial charge in [0.1, 0.15) is 5.82 Å². The number of fused-ring (bicyclic) bond motifs is 1. The molecule has 1 saturated heterocycles. The average molecular weight is 382 g/mol. The van der Waals surface area contributed by atoms with Crippen LogP contribution in [-0.2, 0) is 4.79 Å². The Balaban J connectivity index is 1.44. The van der Waals surface area contributed by atoms with Crippen molar-refractivity contribution in [3.63, 3.8) is 0 Å². The summed E-state index contributed by atoms with van der Waals surface area (Å²) in [6, 6.07) is 14.9. The number of rotatable bonds is 5. The van der Waals surface area contributed by atoms with Crippen LogP contribution >= 0.6 is 0 Å². The Morgan fingerprint density at radius 3 is 2.54 bits per heavy atom. The Bertz CT molecular complexity index is 826. The van der Waals surface area contributed by atoms with Crippen LogP contribution in [0.3, 0.4) is 0 Å². The maximum atomic E-state index is 13.3. The maximum absolute atomic E-state index is 13.3. The molecule has 0 aromatic heterocycles. The standard InChI is InChI=1S/C22H27FN4O/c1-25-13-11-18(16-25)24-12-10-22(28)27-15-14-26(19-8-6-17(23)7-9-19)20-4-2-3-5-21(20)27/h2-9,18,24H,10-16H2,1H3. The number of hydrogen-bond donors (Lipinski definition) is 1. The van der Waals surface area contributed by atoms with Crippen molar-refractivity contribution in [1.29, 1.82) is 0 Å². The SMILES string of the molecule is CN1CCC(NCCC(=O)N2CCN(c3ccc(F)cc3)c3ccccc32)C1. The average Bonchev–Trinajstić information content (AvgIpc) is 3.13. The Morgan fingerprint density at radius 2 is 1.82 bits per heavy atom. The molecular weight excluding hydrogens is 355 g/mol. The van der Waals surface area contributed by atoms with Gasteiger partial charge in [-0.25, -0.2) is 4.39 Å².